The molecule has 0 bridgehead atoms. The first-order valence-corrected chi connectivity index (χ1v) is 7.58. The van der Waals surface area contributed by atoms with E-state index in [-0.39, 0.29) is 0 Å². The van der Waals surface area contributed by atoms with Crippen molar-refractivity contribution in [1.82, 2.24) is 4.90 Å². The molecule has 1 unspecified atom stereocenters. The molecule has 0 fully saturated rings. The van der Waals surface area contributed by atoms with Crippen molar-refractivity contribution < 1.29 is 0 Å². The van der Waals surface area contributed by atoms with Gasteiger partial charge in [-0.2, -0.15) is 0 Å². The summed E-state index contributed by atoms with van der Waals surface area (Å²) in [6, 6.07) is 13.3. The van der Waals surface area contributed by atoms with E-state index < -0.39 is 0 Å². The summed E-state index contributed by atoms with van der Waals surface area (Å²) in [5.41, 5.74) is 8.55. The molecule has 0 saturated carbocycles. The largest absolute Gasteiger partial charge is 0.329 e. The molecule has 0 aliphatic rings. The van der Waals surface area contributed by atoms with Gasteiger partial charge in [-0.05, 0) is 37.4 Å². The van der Waals surface area contributed by atoms with Crippen LogP contribution in [0.1, 0.15) is 22.0 Å². The summed E-state index contributed by atoms with van der Waals surface area (Å²) in [5, 5.41) is 2.13. The summed E-state index contributed by atoms with van der Waals surface area (Å²) in [4.78, 5) is 3.79. The molecule has 0 amide bonds. The van der Waals surface area contributed by atoms with Crippen LogP contribution < -0.4 is 5.73 Å². The van der Waals surface area contributed by atoms with Crippen LogP contribution in [0.25, 0.3) is 0 Å². The molecular formula is C16H22N2S. The van der Waals surface area contributed by atoms with Gasteiger partial charge in [-0.15, -0.1) is 11.3 Å². The van der Waals surface area contributed by atoms with Gasteiger partial charge in [0, 0.05) is 24.0 Å². The van der Waals surface area contributed by atoms with E-state index in [1.54, 1.807) is 0 Å². The predicted octanol–water partition coefficient (Wildman–Crippen LogP) is 3.23. The number of thiophene rings is 1. The minimum absolute atomic E-state index is 0.306. The smallest absolute Gasteiger partial charge is 0.0467 e. The Labute approximate surface area is 119 Å². The van der Waals surface area contributed by atoms with Gasteiger partial charge in [0.15, 0.2) is 0 Å². The summed E-state index contributed by atoms with van der Waals surface area (Å²) in [6.07, 6.45) is 1.09. The van der Waals surface area contributed by atoms with Gasteiger partial charge in [0.1, 0.15) is 0 Å². The highest BCUT2D eigenvalue weighted by Crippen LogP contribution is 2.19. The average molecular weight is 274 g/mol. The highest BCUT2D eigenvalue weighted by molar-refractivity contribution is 7.09. The molecule has 1 aromatic heterocycles. The number of hydrogen-bond donors (Lipinski definition) is 1. The van der Waals surface area contributed by atoms with E-state index in [0.717, 1.165) is 13.0 Å². The Morgan fingerprint density at radius 1 is 1.21 bits per heavy atom. The van der Waals surface area contributed by atoms with Crippen LogP contribution in [-0.2, 0) is 6.42 Å². The molecular weight excluding hydrogens is 252 g/mol. The highest BCUT2D eigenvalue weighted by atomic mass is 32.1. The second-order valence-corrected chi connectivity index (χ2v) is 6.00. The van der Waals surface area contributed by atoms with E-state index >= 15 is 0 Å². The van der Waals surface area contributed by atoms with Crippen molar-refractivity contribution in [3.8, 4) is 0 Å². The van der Waals surface area contributed by atoms with Crippen LogP contribution >= 0.6 is 11.3 Å². The van der Waals surface area contributed by atoms with Crippen LogP contribution in [0.5, 0.6) is 0 Å². The number of likely N-dealkylation sites (N-methyl/N-ethyl adjacent to an activating group) is 1. The van der Waals surface area contributed by atoms with E-state index in [2.05, 4.69) is 60.6 Å². The Balaban J connectivity index is 1.98. The molecule has 2 rings (SSSR count). The molecule has 102 valence electrons. The Morgan fingerprint density at radius 2 is 1.95 bits per heavy atom. The predicted molar refractivity (Wildman–Crippen MR) is 83.6 cm³/mol. The maximum Gasteiger partial charge on any atom is 0.0467 e. The summed E-state index contributed by atoms with van der Waals surface area (Å²) in [7, 11) is 2.16. The average Bonchev–Trinajstić information content (AvgIpc) is 2.92. The minimum Gasteiger partial charge on any atom is -0.329 e. The summed E-state index contributed by atoms with van der Waals surface area (Å²) < 4.78 is 0. The number of benzene rings is 1. The fraction of sp³-hybridized carbons (Fsp3) is 0.375. The van der Waals surface area contributed by atoms with Gasteiger partial charge in [0.05, 0.1) is 0 Å². The first-order valence-electron chi connectivity index (χ1n) is 6.70. The fourth-order valence-corrected chi connectivity index (χ4v) is 2.95. The first kappa shape index (κ1) is 14.3. The van der Waals surface area contributed by atoms with E-state index in [0.29, 0.717) is 12.6 Å². The van der Waals surface area contributed by atoms with Crippen molar-refractivity contribution in [2.45, 2.75) is 19.4 Å². The zero-order valence-electron chi connectivity index (χ0n) is 11.7. The van der Waals surface area contributed by atoms with Crippen molar-refractivity contribution in [3.05, 3.63) is 57.8 Å². The topological polar surface area (TPSA) is 29.3 Å². The summed E-state index contributed by atoms with van der Waals surface area (Å²) >= 11 is 1.82. The second kappa shape index (κ2) is 6.85. The lowest BCUT2D eigenvalue weighted by Crippen LogP contribution is -2.32. The van der Waals surface area contributed by atoms with E-state index in [9.17, 15) is 0 Å². The molecule has 0 aliphatic heterocycles. The van der Waals surface area contributed by atoms with Gasteiger partial charge in [0.2, 0.25) is 0 Å². The van der Waals surface area contributed by atoms with Gasteiger partial charge in [0.25, 0.3) is 0 Å². The standard InChI is InChI=1S/C16H22N2S/c1-13-5-7-14(8-6-13)16(12-17)18(2)10-9-15-4-3-11-19-15/h3-8,11,16H,9-10,12,17H2,1-2H3. The minimum atomic E-state index is 0.306. The van der Waals surface area contributed by atoms with Crippen molar-refractivity contribution in [2.75, 3.05) is 20.1 Å². The molecule has 2 aromatic rings. The van der Waals surface area contributed by atoms with Gasteiger partial charge in [-0.1, -0.05) is 35.9 Å². The quantitative estimate of drug-likeness (QED) is 0.876. The zero-order chi connectivity index (χ0) is 13.7. The first-order chi connectivity index (χ1) is 9.20. The van der Waals surface area contributed by atoms with Crippen molar-refractivity contribution in [3.63, 3.8) is 0 Å². The molecule has 0 aliphatic carbocycles. The van der Waals surface area contributed by atoms with Crippen LogP contribution in [0.3, 0.4) is 0 Å². The lowest BCUT2D eigenvalue weighted by molar-refractivity contribution is 0.254. The van der Waals surface area contributed by atoms with Crippen LogP contribution in [0.4, 0.5) is 0 Å². The van der Waals surface area contributed by atoms with Gasteiger partial charge in [-0.3, -0.25) is 4.90 Å². The monoisotopic (exact) mass is 274 g/mol. The number of rotatable bonds is 6. The van der Waals surface area contributed by atoms with Gasteiger partial charge < -0.3 is 5.73 Å². The normalized spacial score (nSPS) is 12.8. The van der Waals surface area contributed by atoms with Crippen LogP contribution in [0.2, 0.25) is 0 Å². The highest BCUT2D eigenvalue weighted by Gasteiger charge is 2.15. The third-order valence-electron chi connectivity index (χ3n) is 3.51. The number of nitrogens with two attached hydrogens (primary N) is 1. The van der Waals surface area contributed by atoms with Crippen LogP contribution in [0, 0.1) is 6.92 Å². The van der Waals surface area contributed by atoms with Gasteiger partial charge >= 0.3 is 0 Å². The lowest BCUT2D eigenvalue weighted by atomic mass is 10.0. The lowest BCUT2D eigenvalue weighted by Gasteiger charge is -2.27. The number of aryl methyl sites for hydroxylation is 1. The summed E-state index contributed by atoms with van der Waals surface area (Å²) in [5.74, 6) is 0. The van der Waals surface area contributed by atoms with Crippen LogP contribution in [-0.4, -0.2) is 25.0 Å². The Morgan fingerprint density at radius 3 is 2.53 bits per heavy atom. The SMILES string of the molecule is Cc1ccc(C(CN)N(C)CCc2cccs2)cc1. The molecule has 1 heterocycles. The van der Waals surface area contributed by atoms with Crippen LogP contribution in [0.15, 0.2) is 41.8 Å². The molecule has 0 saturated heterocycles. The Kier molecular flexibility index (Phi) is 5.14. The molecule has 0 spiro atoms. The maximum absolute atomic E-state index is 5.95. The fourth-order valence-electron chi connectivity index (χ4n) is 2.26. The van der Waals surface area contributed by atoms with E-state index in [1.165, 1.54) is 16.0 Å². The van der Waals surface area contributed by atoms with E-state index in [4.69, 9.17) is 5.73 Å². The number of nitrogens with zero attached hydrogens (tertiary/aromatic N) is 1. The third-order valence-corrected chi connectivity index (χ3v) is 4.44. The molecule has 2 nitrogen and oxygen atoms in total. The molecule has 0 radical (unpaired) electrons. The second-order valence-electron chi connectivity index (χ2n) is 4.97. The van der Waals surface area contributed by atoms with Crippen molar-refractivity contribution in [2.24, 2.45) is 5.73 Å². The molecule has 3 heteroatoms. The Hall–Kier alpha value is -1.16. The summed E-state index contributed by atoms with van der Waals surface area (Å²) in [6.45, 7) is 3.81. The molecule has 2 N–H and O–H groups in total. The third kappa shape index (κ3) is 3.90. The molecule has 1 atom stereocenters. The Bertz CT molecular complexity index is 476. The molecule has 19 heavy (non-hydrogen) atoms. The van der Waals surface area contributed by atoms with Crippen molar-refractivity contribution in [1.29, 1.82) is 0 Å². The number of hydrogen-bond acceptors (Lipinski definition) is 3. The molecule has 1 aromatic carbocycles. The maximum atomic E-state index is 5.95. The van der Waals surface area contributed by atoms with Crippen molar-refractivity contribution >= 4 is 11.3 Å². The van der Waals surface area contributed by atoms with Gasteiger partial charge in [-0.25, -0.2) is 0 Å². The zero-order valence-corrected chi connectivity index (χ0v) is 12.5. The van der Waals surface area contributed by atoms with E-state index in [1.807, 2.05) is 11.3 Å².